The van der Waals surface area contributed by atoms with Crippen molar-refractivity contribution >= 4 is 11.7 Å². The Hall–Kier alpha value is -2.69. The average molecular weight is 287 g/mol. The van der Waals surface area contributed by atoms with E-state index in [4.69, 9.17) is 9.47 Å². The van der Waals surface area contributed by atoms with Crippen molar-refractivity contribution < 1.29 is 19.4 Å². The molecule has 110 valence electrons. The molecular weight excluding hydrogens is 270 g/mol. The van der Waals surface area contributed by atoms with E-state index in [-0.39, 0.29) is 5.75 Å². The highest BCUT2D eigenvalue weighted by Crippen LogP contribution is 2.25. The summed E-state index contributed by atoms with van der Waals surface area (Å²) in [5.41, 5.74) is 1.37. The van der Waals surface area contributed by atoms with Crippen molar-refractivity contribution in [1.29, 1.82) is 0 Å². The van der Waals surface area contributed by atoms with E-state index in [0.717, 1.165) is 11.4 Å². The van der Waals surface area contributed by atoms with Gasteiger partial charge in [0.2, 0.25) is 0 Å². The molecule has 0 fully saturated rings. The lowest BCUT2D eigenvalue weighted by molar-refractivity contribution is -0.141. The van der Waals surface area contributed by atoms with Crippen LogP contribution in [0.4, 0.5) is 5.69 Å². The van der Waals surface area contributed by atoms with Gasteiger partial charge in [-0.05, 0) is 42.0 Å². The predicted molar refractivity (Wildman–Crippen MR) is 79.5 cm³/mol. The van der Waals surface area contributed by atoms with Gasteiger partial charge in [0.25, 0.3) is 0 Å². The third-order valence-electron chi connectivity index (χ3n) is 3.04. The van der Waals surface area contributed by atoms with Crippen LogP contribution in [0.3, 0.4) is 0 Å². The molecule has 0 radical (unpaired) electrons. The molecule has 0 aromatic heterocycles. The van der Waals surface area contributed by atoms with Crippen molar-refractivity contribution in [3.8, 4) is 11.5 Å². The van der Waals surface area contributed by atoms with Crippen LogP contribution in [-0.4, -0.2) is 25.3 Å². The topological polar surface area (TPSA) is 67.8 Å². The number of ether oxygens (including phenoxy) is 2. The Morgan fingerprint density at radius 2 is 1.86 bits per heavy atom. The summed E-state index contributed by atoms with van der Waals surface area (Å²) in [6.07, 6.45) is 0. The SMILES string of the molecule is COC(=O)C(Nc1ccc(OC)cc1)c1cccc(O)c1. The van der Waals surface area contributed by atoms with E-state index in [2.05, 4.69) is 5.32 Å². The van der Waals surface area contributed by atoms with Gasteiger partial charge >= 0.3 is 5.97 Å². The quantitative estimate of drug-likeness (QED) is 0.828. The average Bonchev–Trinajstić information content (AvgIpc) is 2.52. The maximum atomic E-state index is 12.0. The van der Waals surface area contributed by atoms with Gasteiger partial charge in [0.05, 0.1) is 14.2 Å². The Morgan fingerprint density at radius 3 is 2.43 bits per heavy atom. The van der Waals surface area contributed by atoms with Gasteiger partial charge in [0.1, 0.15) is 11.5 Å². The van der Waals surface area contributed by atoms with Crippen LogP contribution in [0.15, 0.2) is 48.5 Å². The first-order chi connectivity index (χ1) is 10.1. The molecule has 0 amide bonds. The van der Waals surface area contributed by atoms with Crippen LogP contribution < -0.4 is 10.1 Å². The fraction of sp³-hybridized carbons (Fsp3) is 0.188. The Labute approximate surface area is 123 Å². The van der Waals surface area contributed by atoms with E-state index in [1.165, 1.54) is 13.2 Å². The summed E-state index contributed by atoms with van der Waals surface area (Å²) in [6.45, 7) is 0. The van der Waals surface area contributed by atoms with Crippen molar-refractivity contribution in [3.63, 3.8) is 0 Å². The molecule has 0 saturated heterocycles. The van der Waals surface area contributed by atoms with Crippen LogP contribution in [0.5, 0.6) is 11.5 Å². The normalized spacial score (nSPS) is 11.5. The second-order valence-electron chi connectivity index (χ2n) is 4.42. The number of methoxy groups -OCH3 is 2. The molecule has 1 unspecified atom stereocenters. The van der Waals surface area contributed by atoms with E-state index in [9.17, 15) is 9.90 Å². The zero-order valence-corrected chi connectivity index (χ0v) is 11.9. The van der Waals surface area contributed by atoms with E-state index < -0.39 is 12.0 Å². The zero-order valence-electron chi connectivity index (χ0n) is 11.9. The molecule has 0 aliphatic carbocycles. The fourth-order valence-electron chi connectivity index (χ4n) is 1.95. The number of nitrogens with one attached hydrogen (secondary N) is 1. The largest absolute Gasteiger partial charge is 0.508 e. The molecule has 0 saturated carbocycles. The summed E-state index contributed by atoms with van der Waals surface area (Å²) in [5.74, 6) is 0.391. The van der Waals surface area contributed by atoms with Crippen LogP contribution in [0.1, 0.15) is 11.6 Å². The summed E-state index contributed by atoms with van der Waals surface area (Å²) in [4.78, 5) is 12.0. The highest BCUT2D eigenvalue weighted by molar-refractivity contribution is 5.81. The predicted octanol–water partition coefficient (Wildman–Crippen LogP) is 2.73. The molecule has 0 spiro atoms. The van der Waals surface area contributed by atoms with Crippen LogP contribution in [0.25, 0.3) is 0 Å². The number of rotatable bonds is 5. The molecule has 0 bridgehead atoms. The highest BCUT2D eigenvalue weighted by Gasteiger charge is 2.21. The number of aromatic hydroxyl groups is 1. The van der Waals surface area contributed by atoms with Crippen LogP contribution in [0.2, 0.25) is 0 Å². The minimum atomic E-state index is -0.699. The number of carbonyl (C=O) groups is 1. The van der Waals surface area contributed by atoms with E-state index in [0.29, 0.717) is 5.56 Å². The maximum absolute atomic E-state index is 12.0. The zero-order chi connectivity index (χ0) is 15.2. The summed E-state index contributed by atoms with van der Waals surface area (Å²) in [5, 5.41) is 12.6. The summed E-state index contributed by atoms with van der Waals surface area (Å²) < 4.78 is 9.91. The van der Waals surface area contributed by atoms with Crippen molar-refractivity contribution in [2.45, 2.75) is 6.04 Å². The first-order valence-electron chi connectivity index (χ1n) is 6.41. The monoisotopic (exact) mass is 287 g/mol. The Morgan fingerprint density at radius 1 is 1.14 bits per heavy atom. The third-order valence-corrected chi connectivity index (χ3v) is 3.04. The highest BCUT2D eigenvalue weighted by atomic mass is 16.5. The first-order valence-corrected chi connectivity index (χ1v) is 6.41. The van der Waals surface area contributed by atoms with Crippen molar-refractivity contribution in [1.82, 2.24) is 0 Å². The van der Waals surface area contributed by atoms with Crippen LogP contribution >= 0.6 is 0 Å². The summed E-state index contributed by atoms with van der Waals surface area (Å²) >= 11 is 0. The maximum Gasteiger partial charge on any atom is 0.332 e. The summed E-state index contributed by atoms with van der Waals surface area (Å²) in [6, 6.07) is 13.0. The number of hydrogen-bond acceptors (Lipinski definition) is 5. The second-order valence-corrected chi connectivity index (χ2v) is 4.42. The van der Waals surface area contributed by atoms with Gasteiger partial charge in [-0.15, -0.1) is 0 Å². The number of carbonyl (C=O) groups excluding carboxylic acids is 1. The molecule has 5 heteroatoms. The fourth-order valence-corrected chi connectivity index (χ4v) is 1.95. The van der Waals surface area contributed by atoms with Gasteiger partial charge in [0, 0.05) is 5.69 Å². The second kappa shape index (κ2) is 6.65. The number of anilines is 1. The van der Waals surface area contributed by atoms with Crippen LogP contribution in [0, 0.1) is 0 Å². The van der Waals surface area contributed by atoms with Crippen LogP contribution in [-0.2, 0) is 9.53 Å². The summed E-state index contributed by atoms with van der Waals surface area (Å²) in [7, 11) is 2.92. The Bertz CT molecular complexity index is 610. The van der Waals surface area contributed by atoms with Gasteiger partial charge < -0.3 is 19.9 Å². The molecule has 0 heterocycles. The smallest absolute Gasteiger partial charge is 0.332 e. The molecule has 21 heavy (non-hydrogen) atoms. The minimum Gasteiger partial charge on any atom is -0.508 e. The molecule has 0 aliphatic heterocycles. The van der Waals surface area contributed by atoms with Gasteiger partial charge in [-0.3, -0.25) is 0 Å². The molecular formula is C16H17NO4. The van der Waals surface area contributed by atoms with Gasteiger partial charge in [-0.2, -0.15) is 0 Å². The molecule has 1 atom stereocenters. The third kappa shape index (κ3) is 3.66. The van der Waals surface area contributed by atoms with E-state index >= 15 is 0 Å². The molecule has 2 N–H and O–H groups in total. The Balaban J connectivity index is 2.26. The molecule has 0 aliphatic rings. The lowest BCUT2D eigenvalue weighted by Crippen LogP contribution is -2.22. The lowest BCUT2D eigenvalue weighted by atomic mass is 10.1. The molecule has 2 rings (SSSR count). The van der Waals surface area contributed by atoms with Crippen molar-refractivity contribution in [3.05, 3.63) is 54.1 Å². The van der Waals surface area contributed by atoms with E-state index in [1.807, 2.05) is 0 Å². The standard InChI is InChI=1S/C16H17NO4/c1-20-14-8-6-12(7-9-14)17-15(16(19)21-2)11-4-3-5-13(18)10-11/h3-10,15,17-18H,1-2H3. The number of phenolic OH excluding ortho intramolecular Hbond substituents is 1. The van der Waals surface area contributed by atoms with Gasteiger partial charge in [-0.25, -0.2) is 4.79 Å². The Kier molecular flexibility index (Phi) is 4.66. The lowest BCUT2D eigenvalue weighted by Gasteiger charge is -2.18. The van der Waals surface area contributed by atoms with Crippen molar-refractivity contribution in [2.24, 2.45) is 0 Å². The number of hydrogen-bond donors (Lipinski definition) is 2. The first kappa shape index (κ1) is 14.7. The molecule has 2 aromatic rings. The van der Waals surface area contributed by atoms with E-state index in [1.54, 1.807) is 49.6 Å². The number of phenols is 1. The molecule has 5 nitrogen and oxygen atoms in total. The van der Waals surface area contributed by atoms with Gasteiger partial charge in [-0.1, -0.05) is 12.1 Å². The minimum absolute atomic E-state index is 0.0953. The van der Waals surface area contributed by atoms with Crippen molar-refractivity contribution in [2.75, 3.05) is 19.5 Å². The number of esters is 1. The molecule has 2 aromatic carbocycles. The van der Waals surface area contributed by atoms with Gasteiger partial charge in [0.15, 0.2) is 6.04 Å². The number of benzene rings is 2.